The zero-order valence-electron chi connectivity index (χ0n) is 17.9. The second kappa shape index (κ2) is 9.44. The SMILES string of the molecule is O=C(c1ccc2nc(-c3cccnc3)nc(Nc3ccc(F)c(Cl)c3)c2c1)N1CCS(=O)CC1. The third kappa shape index (κ3) is 4.62. The van der Waals surface area contributed by atoms with Gasteiger partial charge in [0.15, 0.2) is 5.82 Å². The number of aromatic nitrogens is 3. The maximum atomic E-state index is 13.7. The van der Waals surface area contributed by atoms with Gasteiger partial charge in [-0.05, 0) is 48.5 Å². The quantitative estimate of drug-likeness (QED) is 0.450. The monoisotopic (exact) mass is 495 g/mol. The number of nitrogens with one attached hydrogen (secondary N) is 1. The highest BCUT2D eigenvalue weighted by Gasteiger charge is 2.22. The van der Waals surface area contributed by atoms with Crippen molar-refractivity contribution in [1.82, 2.24) is 19.9 Å². The molecule has 1 fully saturated rings. The van der Waals surface area contributed by atoms with Crippen molar-refractivity contribution < 1.29 is 13.4 Å². The zero-order valence-corrected chi connectivity index (χ0v) is 19.4. The van der Waals surface area contributed by atoms with Crippen LogP contribution in [0.1, 0.15) is 10.4 Å². The maximum Gasteiger partial charge on any atom is 0.253 e. The number of benzene rings is 2. The zero-order chi connectivity index (χ0) is 23.7. The molecule has 1 N–H and O–H groups in total. The van der Waals surface area contributed by atoms with E-state index in [1.165, 1.54) is 12.1 Å². The first-order chi connectivity index (χ1) is 16.5. The number of hydrogen-bond donors (Lipinski definition) is 1. The molecule has 0 unspecified atom stereocenters. The second-order valence-corrected chi connectivity index (χ2v) is 9.87. The summed E-state index contributed by atoms with van der Waals surface area (Å²) in [5.41, 5.74) is 2.38. The van der Waals surface area contributed by atoms with Gasteiger partial charge in [-0.25, -0.2) is 14.4 Å². The molecule has 5 rings (SSSR count). The molecule has 0 spiro atoms. The van der Waals surface area contributed by atoms with Crippen molar-refractivity contribution in [2.75, 3.05) is 29.9 Å². The van der Waals surface area contributed by atoms with Crippen LogP contribution in [0.3, 0.4) is 0 Å². The predicted molar refractivity (Wildman–Crippen MR) is 131 cm³/mol. The molecule has 2 aromatic heterocycles. The molecule has 1 aliphatic heterocycles. The number of rotatable bonds is 4. The molecule has 172 valence electrons. The number of hydrogen-bond acceptors (Lipinski definition) is 6. The van der Waals surface area contributed by atoms with Gasteiger partial charge in [0.25, 0.3) is 5.91 Å². The molecule has 10 heteroatoms. The summed E-state index contributed by atoms with van der Waals surface area (Å²) in [7, 11) is -0.874. The molecular weight excluding hydrogens is 477 g/mol. The molecule has 4 aromatic rings. The molecule has 2 aromatic carbocycles. The lowest BCUT2D eigenvalue weighted by molar-refractivity contribution is 0.0771. The number of fused-ring (bicyclic) bond motifs is 1. The summed E-state index contributed by atoms with van der Waals surface area (Å²) in [6.07, 6.45) is 3.33. The molecule has 1 amide bonds. The summed E-state index contributed by atoms with van der Waals surface area (Å²) < 4.78 is 25.3. The van der Waals surface area contributed by atoms with Gasteiger partial charge in [0.05, 0.1) is 10.5 Å². The molecule has 7 nitrogen and oxygen atoms in total. The van der Waals surface area contributed by atoms with E-state index < -0.39 is 16.6 Å². The third-order valence-electron chi connectivity index (χ3n) is 5.51. The number of anilines is 2. The summed E-state index contributed by atoms with van der Waals surface area (Å²) in [6.45, 7) is 0.915. The summed E-state index contributed by atoms with van der Waals surface area (Å²) in [4.78, 5) is 28.3. The molecule has 0 radical (unpaired) electrons. The van der Waals surface area contributed by atoms with E-state index in [1.807, 2.05) is 6.07 Å². The van der Waals surface area contributed by atoms with Crippen molar-refractivity contribution >= 4 is 50.7 Å². The average molecular weight is 496 g/mol. The van der Waals surface area contributed by atoms with Crippen LogP contribution in [0.25, 0.3) is 22.3 Å². The molecule has 3 heterocycles. The van der Waals surface area contributed by atoms with Crippen molar-refractivity contribution in [3.63, 3.8) is 0 Å². The van der Waals surface area contributed by atoms with E-state index in [4.69, 9.17) is 11.6 Å². The molecule has 0 atom stereocenters. The third-order valence-corrected chi connectivity index (χ3v) is 7.08. The van der Waals surface area contributed by atoms with E-state index in [-0.39, 0.29) is 10.9 Å². The average Bonchev–Trinajstić information content (AvgIpc) is 2.86. The summed E-state index contributed by atoms with van der Waals surface area (Å²) in [5.74, 6) is 1.20. The minimum atomic E-state index is -0.874. The summed E-state index contributed by atoms with van der Waals surface area (Å²) >= 11 is 5.96. The van der Waals surface area contributed by atoms with Crippen LogP contribution in [-0.4, -0.2) is 54.6 Å². The molecule has 1 saturated heterocycles. The minimum absolute atomic E-state index is 0.0193. The van der Waals surface area contributed by atoms with Crippen molar-refractivity contribution in [1.29, 1.82) is 0 Å². The van der Waals surface area contributed by atoms with Gasteiger partial charge < -0.3 is 10.2 Å². The number of amides is 1. The fourth-order valence-electron chi connectivity index (χ4n) is 3.72. The molecular formula is C24H19ClFN5O2S. The maximum absolute atomic E-state index is 13.7. The number of nitrogens with zero attached hydrogens (tertiary/aromatic N) is 4. The van der Waals surface area contributed by atoms with Crippen LogP contribution < -0.4 is 5.32 Å². The smallest absolute Gasteiger partial charge is 0.253 e. The van der Waals surface area contributed by atoms with Gasteiger partial charge >= 0.3 is 0 Å². The first-order valence-corrected chi connectivity index (χ1v) is 12.4. The van der Waals surface area contributed by atoms with Crippen LogP contribution in [0.4, 0.5) is 15.9 Å². The molecule has 34 heavy (non-hydrogen) atoms. The Morgan fingerprint density at radius 2 is 1.91 bits per heavy atom. The Labute approximate surface area is 202 Å². The van der Waals surface area contributed by atoms with Gasteiger partial charge in [-0.15, -0.1) is 0 Å². The molecule has 1 aliphatic rings. The van der Waals surface area contributed by atoms with Crippen LogP contribution in [0.15, 0.2) is 60.9 Å². The van der Waals surface area contributed by atoms with Crippen molar-refractivity contribution in [2.45, 2.75) is 0 Å². The largest absolute Gasteiger partial charge is 0.340 e. The Hall–Kier alpha value is -3.43. The highest BCUT2D eigenvalue weighted by Crippen LogP contribution is 2.30. The van der Waals surface area contributed by atoms with Gasteiger partial charge in [-0.1, -0.05) is 11.6 Å². The fraction of sp³-hybridized carbons (Fsp3) is 0.167. The van der Waals surface area contributed by atoms with Crippen LogP contribution in [0.5, 0.6) is 0 Å². The standard InChI is InChI=1S/C24H19ClFN5O2S/c25-19-13-17(4-5-20(19)26)28-23-18-12-15(24(32)31-8-10-34(33)11-9-31)3-6-21(18)29-22(30-23)16-2-1-7-27-14-16/h1-7,12-14H,8-11H2,(H,28,29,30). The van der Waals surface area contributed by atoms with E-state index >= 15 is 0 Å². The number of carbonyl (C=O) groups excluding carboxylic acids is 1. The Bertz CT molecular complexity index is 1410. The molecule has 0 saturated carbocycles. The van der Waals surface area contributed by atoms with Crippen LogP contribution in [0.2, 0.25) is 5.02 Å². The van der Waals surface area contributed by atoms with Crippen LogP contribution >= 0.6 is 11.6 Å². The van der Waals surface area contributed by atoms with Crippen LogP contribution in [0, 0.1) is 5.82 Å². The Balaban J connectivity index is 1.58. The van der Waals surface area contributed by atoms with Gasteiger partial charge in [0.2, 0.25) is 0 Å². The van der Waals surface area contributed by atoms with Crippen molar-refractivity contribution in [2.24, 2.45) is 0 Å². The fourth-order valence-corrected chi connectivity index (χ4v) is 4.95. The van der Waals surface area contributed by atoms with Gasteiger partial charge in [0, 0.05) is 70.0 Å². The number of halogens is 2. The lowest BCUT2D eigenvalue weighted by Crippen LogP contribution is -2.41. The first kappa shape index (κ1) is 22.4. The van der Waals surface area contributed by atoms with Crippen molar-refractivity contribution in [3.05, 3.63) is 77.3 Å². The lowest BCUT2D eigenvalue weighted by Gasteiger charge is -2.26. The Kier molecular flexibility index (Phi) is 6.21. The Morgan fingerprint density at radius 1 is 1.09 bits per heavy atom. The summed E-state index contributed by atoms with van der Waals surface area (Å²) in [5, 5.41) is 3.79. The first-order valence-electron chi connectivity index (χ1n) is 10.6. The van der Waals surface area contributed by atoms with Gasteiger partial charge in [-0.3, -0.25) is 14.0 Å². The number of pyridine rings is 1. The molecule has 0 aliphatic carbocycles. The van der Waals surface area contributed by atoms with Crippen LogP contribution in [-0.2, 0) is 10.8 Å². The van der Waals surface area contributed by atoms with E-state index in [2.05, 4.69) is 20.3 Å². The molecule has 0 bridgehead atoms. The van der Waals surface area contributed by atoms with Gasteiger partial charge in [0.1, 0.15) is 11.6 Å². The number of carbonyl (C=O) groups is 1. The second-order valence-electron chi connectivity index (χ2n) is 7.76. The normalized spacial score (nSPS) is 14.4. The van der Waals surface area contributed by atoms with E-state index in [0.717, 1.165) is 5.56 Å². The Morgan fingerprint density at radius 3 is 2.65 bits per heavy atom. The van der Waals surface area contributed by atoms with E-state index in [9.17, 15) is 13.4 Å². The van der Waals surface area contributed by atoms with E-state index in [1.54, 1.807) is 47.6 Å². The highest BCUT2D eigenvalue weighted by molar-refractivity contribution is 7.85. The van der Waals surface area contributed by atoms with Crippen molar-refractivity contribution in [3.8, 4) is 11.4 Å². The van der Waals surface area contributed by atoms with Gasteiger partial charge in [-0.2, -0.15) is 0 Å². The predicted octanol–water partition coefficient (Wildman–Crippen LogP) is 4.43. The lowest BCUT2D eigenvalue weighted by atomic mass is 10.1. The minimum Gasteiger partial charge on any atom is -0.340 e. The topological polar surface area (TPSA) is 88.1 Å². The highest BCUT2D eigenvalue weighted by atomic mass is 35.5. The summed E-state index contributed by atoms with van der Waals surface area (Å²) in [6, 6.07) is 13.2. The van der Waals surface area contributed by atoms with E-state index in [0.29, 0.717) is 58.4 Å².